The Bertz CT molecular complexity index is 963. The molecule has 0 N–H and O–H groups in total. The van der Waals surface area contributed by atoms with Crippen molar-refractivity contribution in [1.29, 1.82) is 0 Å². The molecule has 2 atom stereocenters. The predicted molar refractivity (Wildman–Crippen MR) is 105 cm³/mol. The van der Waals surface area contributed by atoms with Gasteiger partial charge in [-0.05, 0) is 35.9 Å². The van der Waals surface area contributed by atoms with Crippen LogP contribution in [-0.2, 0) is 15.6 Å². The van der Waals surface area contributed by atoms with Gasteiger partial charge in [0.2, 0.25) is 0 Å². The van der Waals surface area contributed by atoms with Crippen LogP contribution >= 0.6 is 23.4 Å². The highest BCUT2D eigenvalue weighted by Crippen LogP contribution is 2.36. The van der Waals surface area contributed by atoms with Gasteiger partial charge in [-0.1, -0.05) is 41.6 Å². The summed E-state index contributed by atoms with van der Waals surface area (Å²) in [6.45, 7) is 0. The molecule has 0 aliphatic carbocycles. The summed E-state index contributed by atoms with van der Waals surface area (Å²) in [6, 6.07) is 13.4. The molecule has 2 aliphatic heterocycles. The molecule has 0 spiro atoms. The van der Waals surface area contributed by atoms with Gasteiger partial charge in [0, 0.05) is 16.5 Å². The lowest BCUT2D eigenvalue weighted by Crippen LogP contribution is -2.39. The smallest absolute Gasteiger partial charge is 0.164 e. The molecule has 4 nitrogen and oxygen atoms in total. The van der Waals surface area contributed by atoms with Crippen LogP contribution < -0.4 is 4.90 Å². The summed E-state index contributed by atoms with van der Waals surface area (Å²) in [5.74, 6) is 0.320. The van der Waals surface area contributed by atoms with Crippen LogP contribution in [0.15, 0.2) is 53.5 Å². The molecule has 0 bridgehead atoms. The second kappa shape index (κ2) is 6.87. The molecular weight excluding hydrogens is 395 g/mol. The normalized spacial score (nSPS) is 23.8. The first-order chi connectivity index (χ1) is 12.4. The lowest BCUT2D eigenvalue weighted by molar-refractivity contribution is 0.601. The number of rotatable bonds is 3. The van der Waals surface area contributed by atoms with Crippen molar-refractivity contribution in [3.8, 4) is 0 Å². The number of fused-ring (bicyclic) bond motifs is 1. The van der Waals surface area contributed by atoms with Gasteiger partial charge in [-0.2, -0.15) is 0 Å². The number of aliphatic imine (C=N–C) groups is 1. The molecule has 2 aromatic carbocycles. The van der Waals surface area contributed by atoms with Crippen LogP contribution in [0.4, 0.5) is 10.1 Å². The van der Waals surface area contributed by atoms with Crippen molar-refractivity contribution in [3.63, 3.8) is 0 Å². The van der Waals surface area contributed by atoms with E-state index in [1.165, 1.54) is 17.8 Å². The minimum atomic E-state index is -3.10. The number of anilines is 1. The Morgan fingerprint density at radius 1 is 1.15 bits per heavy atom. The Balaban J connectivity index is 1.63. The number of hydrogen-bond acceptors (Lipinski definition) is 5. The molecule has 0 unspecified atom stereocenters. The third-order valence-electron chi connectivity index (χ3n) is 4.53. The Morgan fingerprint density at radius 3 is 2.62 bits per heavy atom. The standard InChI is InChI=1S/C18H16ClFN2O2S2/c19-13-5-7-14(8-6-13)22-17-11-26(23,24)10-16(17)21-18(22)25-9-12-3-1-2-4-15(12)20/h1-8,16-17H,9-11H2/t16-,17+/m1/s1. The average molecular weight is 411 g/mol. The maximum absolute atomic E-state index is 13.9. The fraction of sp³-hybridized carbons (Fsp3) is 0.278. The molecule has 0 amide bonds. The van der Waals surface area contributed by atoms with E-state index in [9.17, 15) is 12.8 Å². The van der Waals surface area contributed by atoms with E-state index in [0.717, 1.165) is 10.9 Å². The zero-order chi connectivity index (χ0) is 18.3. The van der Waals surface area contributed by atoms with Gasteiger partial charge < -0.3 is 4.90 Å². The average Bonchev–Trinajstić information content (AvgIpc) is 3.06. The van der Waals surface area contributed by atoms with Crippen molar-refractivity contribution < 1.29 is 12.8 Å². The third kappa shape index (κ3) is 3.48. The molecule has 1 saturated heterocycles. The van der Waals surface area contributed by atoms with Crippen molar-refractivity contribution in [3.05, 3.63) is 64.9 Å². The first-order valence-corrected chi connectivity index (χ1v) is 11.3. The van der Waals surface area contributed by atoms with Gasteiger partial charge in [0.05, 0.1) is 23.6 Å². The number of amidine groups is 1. The number of thioether (sulfide) groups is 1. The van der Waals surface area contributed by atoms with E-state index in [1.807, 2.05) is 17.0 Å². The maximum Gasteiger partial charge on any atom is 0.164 e. The van der Waals surface area contributed by atoms with Crippen LogP contribution in [0.25, 0.3) is 0 Å². The highest BCUT2D eigenvalue weighted by Gasteiger charge is 2.47. The molecule has 1 fully saturated rings. The van der Waals surface area contributed by atoms with Crippen LogP contribution in [0.3, 0.4) is 0 Å². The van der Waals surface area contributed by atoms with Gasteiger partial charge in [-0.25, -0.2) is 12.8 Å². The Labute approximate surface area is 161 Å². The van der Waals surface area contributed by atoms with Crippen LogP contribution in [-0.4, -0.2) is 37.2 Å². The first-order valence-electron chi connectivity index (χ1n) is 8.12. The summed E-state index contributed by atoms with van der Waals surface area (Å²) in [5, 5.41) is 1.33. The summed E-state index contributed by atoms with van der Waals surface area (Å²) >= 11 is 7.40. The molecule has 0 saturated carbocycles. The topological polar surface area (TPSA) is 49.7 Å². The van der Waals surface area contributed by atoms with E-state index < -0.39 is 9.84 Å². The molecule has 2 heterocycles. The predicted octanol–water partition coefficient (Wildman–Crippen LogP) is 3.75. The highest BCUT2D eigenvalue weighted by atomic mass is 35.5. The molecule has 0 aromatic heterocycles. The lowest BCUT2D eigenvalue weighted by Gasteiger charge is -2.26. The largest absolute Gasteiger partial charge is 0.315 e. The molecule has 8 heteroatoms. The number of sulfone groups is 1. The van der Waals surface area contributed by atoms with Crippen molar-refractivity contribution in [2.24, 2.45) is 4.99 Å². The zero-order valence-electron chi connectivity index (χ0n) is 13.7. The number of nitrogens with zero attached hydrogens (tertiary/aromatic N) is 2. The fourth-order valence-electron chi connectivity index (χ4n) is 3.29. The lowest BCUT2D eigenvalue weighted by atomic mass is 10.1. The van der Waals surface area contributed by atoms with Crippen molar-refractivity contribution in [2.75, 3.05) is 16.4 Å². The third-order valence-corrected chi connectivity index (χ3v) is 7.49. The van der Waals surface area contributed by atoms with Gasteiger partial charge in [-0.3, -0.25) is 4.99 Å². The second-order valence-corrected chi connectivity index (χ2v) is 9.88. The minimum absolute atomic E-state index is 0.0610. The number of hydrogen-bond donors (Lipinski definition) is 0. The van der Waals surface area contributed by atoms with Gasteiger partial charge in [0.15, 0.2) is 15.0 Å². The molecule has 26 heavy (non-hydrogen) atoms. The summed E-state index contributed by atoms with van der Waals surface area (Å²) in [5.41, 5.74) is 1.44. The summed E-state index contributed by atoms with van der Waals surface area (Å²) in [7, 11) is -3.10. The minimum Gasteiger partial charge on any atom is -0.315 e. The number of halogens is 2. The Morgan fingerprint density at radius 2 is 1.88 bits per heavy atom. The van der Waals surface area contributed by atoms with Crippen LogP contribution in [0.5, 0.6) is 0 Å². The zero-order valence-corrected chi connectivity index (χ0v) is 16.1. The fourth-order valence-corrected chi connectivity index (χ4v) is 6.37. The molecule has 4 rings (SSSR count). The summed E-state index contributed by atoms with van der Waals surface area (Å²) in [4.78, 5) is 6.60. The molecular formula is C18H16ClFN2O2S2. The summed E-state index contributed by atoms with van der Waals surface area (Å²) < 4.78 is 38.0. The maximum atomic E-state index is 13.9. The molecule has 2 aliphatic rings. The first kappa shape index (κ1) is 17.8. The van der Waals surface area contributed by atoms with E-state index >= 15 is 0 Å². The van der Waals surface area contributed by atoms with Crippen molar-refractivity contribution >= 4 is 44.1 Å². The quantitative estimate of drug-likeness (QED) is 0.773. The van der Waals surface area contributed by atoms with E-state index in [2.05, 4.69) is 4.99 Å². The van der Waals surface area contributed by atoms with Crippen molar-refractivity contribution in [2.45, 2.75) is 17.8 Å². The van der Waals surface area contributed by atoms with Crippen molar-refractivity contribution in [1.82, 2.24) is 0 Å². The molecule has 2 aromatic rings. The Hall–Kier alpha value is -1.57. The number of benzene rings is 2. The van der Waals surface area contributed by atoms with Gasteiger partial charge >= 0.3 is 0 Å². The van der Waals surface area contributed by atoms with Gasteiger partial charge in [-0.15, -0.1) is 0 Å². The van der Waals surface area contributed by atoms with E-state index in [1.54, 1.807) is 30.3 Å². The highest BCUT2D eigenvalue weighted by molar-refractivity contribution is 8.13. The molecule has 136 valence electrons. The van der Waals surface area contributed by atoms with Crippen LogP contribution in [0.1, 0.15) is 5.56 Å². The second-order valence-electron chi connectivity index (χ2n) is 6.35. The van der Waals surface area contributed by atoms with E-state index in [-0.39, 0.29) is 29.4 Å². The van der Waals surface area contributed by atoms with Crippen LogP contribution in [0.2, 0.25) is 5.02 Å². The Kier molecular flexibility index (Phi) is 4.71. The summed E-state index contributed by atoms with van der Waals surface area (Å²) in [6.07, 6.45) is 0. The van der Waals surface area contributed by atoms with E-state index in [0.29, 0.717) is 16.3 Å². The SMILES string of the molecule is O=S1(=O)C[C@H]2N=C(SCc3ccccc3F)N(c3ccc(Cl)cc3)[C@H]2C1. The van der Waals surface area contributed by atoms with Gasteiger partial charge in [0.25, 0.3) is 0 Å². The van der Waals surface area contributed by atoms with Crippen LogP contribution in [0, 0.1) is 5.82 Å². The van der Waals surface area contributed by atoms with Gasteiger partial charge in [0.1, 0.15) is 5.82 Å². The molecule has 0 radical (unpaired) electrons. The monoisotopic (exact) mass is 410 g/mol. The van der Waals surface area contributed by atoms with E-state index in [4.69, 9.17) is 11.6 Å².